The zero-order valence-corrected chi connectivity index (χ0v) is 6.52. The third-order valence-corrected chi connectivity index (χ3v) is 0.912. The highest BCUT2D eigenvalue weighted by molar-refractivity contribution is 5.34. The van der Waals surface area contributed by atoms with Gasteiger partial charge in [0.25, 0.3) is 0 Å². The van der Waals surface area contributed by atoms with Crippen LogP contribution >= 0.6 is 0 Å². The van der Waals surface area contributed by atoms with Crippen LogP contribution in [0.5, 0.6) is 0 Å². The van der Waals surface area contributed by atoms with E-state index >= 15 is 0 Å². The minimum Gasteiger partial charge on any atom is -0.115 e. The number of rotatable bonds is 2. The van der Waals surface area contributed by atoms with E-state index in [9.17, 15) is 0 Å². The molecule has 0 heteroatoms. The van der Waals surface area contributed by atoms with E-state index in [0.29, 0.717) is 5.57 Å². The summed E-state index contributed by atoms with van der Waals surface area (Å²) in [6.45, 7) is 7.68. The standard InChI is InChI=1S/C10H12/c1-5-10(4)8-6-7-9(2)3/h1,6-8H,4H2,2-3H3/b8-6-. The quantitative estimate of drug-likeness (QED) is 0.400. The Kier molecular flexibility index (Phi) is 4.07. The molecular formula is C10H12. The summed E-state index contributed by atoms with van der Waals surface area (Å²) in [6.07, 6.45) is 10.8. The molecule has 0 N–H and O–H groups in total. The van der Waals surface area contributed by atoms with E-state index in [4.69, 9.17) is 6.42 Å². The molecule has 0 aliphatic heterocycles. The van der Waals surface area contributed by atoms with E-state index in [1.165, 1.54) is 5.57 Å². The summed E-state index contributed by atoms with van der Waals surface area (Å²) in [6, 6.07) is 0. The second-order valence-electron chi connectivity index (χ2n) is 2.27. The fraction of sp³-hybridized carbons (Fsp3) is 0.200. The van der Waals surface area contributed by atoms with Crippen LogP contribution in [0.1, 0.15) is 13.8 Å². The minimum absolute atomic E-state index is 0.706. The first-order valence-corrected chi connectivity index (χ1v) is 3.14. The molecule has 0 saturated carbocycles. The highest BCUT2D eigenvalue weighted by atomic mass is 13.8. The van der Waals surface area contributed by atoms with Crippen LogP contribution in [0.4, 0.5) is 0 Å². The van der Waals surface area contributed by atoms with Gasteiger partial charge >= 0.3 is 0 Å². The minimum atomic E-state index is 0.706. The summed E-state index contributed by atoms with van der Waals surface area (Å²) in [5.41, 5.74) is 1.96. The van der Waals surface area contributed by atoms with Crippen molar-refractivity contribution in [3.8, 4) is 12.3 Å². The number of allylic oxidation sites excluding steroid dienone is 5. The molecule has 0 aromatic rings. The molecule has 0 atom stereocenters. The molecule has 52 valence electrons. The van der Waals surface area contributed by atoms with Crippen molar-refractivity contribution in [2.45, 2.75) is 13.8 Å². The summed E-state index contributed by atoms with van der Waals surface area (Å²) < 4.78 is 0. The third-order valence-electron chi connectivity index (χ3n) is 0.912. The van der Waals surface area contributed by atoms with Gasteiger partial charge in [-0.15, -0.1) is 6.42 Å². The maximum Gasteiger partial charge on any atom is 0.0170 e. The molecular weight excluding hydrogens is 120 g/mol. The molecule has 0 aromatic heterocycles. The van der Waals surface area contributed by atoms with Gasteiger partial charge < -0.3 is 0 Å². The zero-order valence-electron chi connectivity index (χ0n) is 6.52. The monoisotopic (exact) mass is 132 g/mol. The Morgan fingerprint density at radius 2 is 2.10 bits per heavy atom. The van der Waals surface area contributed by atoms with Gasteiger partial charge in [-0.25, -0.2) is 0 Å². The Labute approximate surface area is 63.0 Å². The van der Waals surface area contributed by atoms with Gasteiger partial charge in [-0.05, 0) is 19.9 Å². The van der Waals surface area contributed by atoms with Gasteiger partial charge in [-0.2, -0.15) is 0 Å². The van der Waals surface area contributed by atoms with Crippen molar-refractivity contribution in [2.24, 2.45) is 0 Å². The topological polar surface area (TPSA) is 0 Å². The maximum absolute atomic E-state index is 5.07. The molecule has 0 rings (SSSR count). The van der Waals surface area contributed by atoms with Crippen LogP contribution in [0, 0.1) is 12.3 Å². The van der Waals surface area contributed by atoms with Gasteiger partial charge in [0.1, 0.15) is 0 Å². The molecule has 0 radical (unpaired) electrons. The first kappa shape index (κ1) is 8.78. The van der Waals surface area contributed by atoms with Crippen molar-refractivity contribution < 1.29 is 0 Å². The fourth-order valence-electron chi connectivity index (χ4n) is 0.405. The molecule has 0 spiro atoms. The van der Waals surface area contributed by atoms with Gasteiger partial charge in [-0.1, -0.05) is 30.2 Å². The summed E-state index contributed by atoms with van der Waals surface area (Å²) in [5.74, 6) is 2.43. The number of hydrogen-bond acceptors (Lipinski definition) is 0. The van der Waals surface area contributed by atoms with Crippen molar-refractivity contribution in [1.29, 1.82) is 0 Å². The summed E-state index contributed by atoms with van der Waals surface area (Å²) in [4.78, 5) is 0. The normalized spacial score (nSPS) is 8.90. The van der Waals surface area contributed by atoms with Crippen LogP contribution in [-0.2, 0) is 0 Å². The Hall–Kier alpha value is -1.22. The SMILES string of the molecule is C#CC(=C)/C=C\C=C(C)C. The predicted octanol–water partition coefficient (Wildman–Crippen LogP) is 2.70. The van der Waals surface area contributed by atoms with Crippen LogP contribution in [0.2, 0.25) is 0 Å². The Balaban J connectivity index is 3.93. The summed E-state index contributed by atoms with van der Waals surface area (Å²) in [7, 11) is 0. The molecule has 0 saturated heterocycles. The molecule has 10 heavy (non-hydrogen) atoms. The first-order chi connectivity index (χ1) is 4.66. The van der Waals surface area contributed by atoms with Crippen LogP contribution in [-0.4, -0.2) is 0 Å². The van der Waals surface area contributed by atoms with E-state index in [0.717, 1.165) is 0 Å². The zero-order chi connectivity index (χ0) is 7.98. The van der Waals surface area contributed by atoms with E-state index in [1.807, 2.05) is 32.1 Å². The van der Waals surface area contributed by atoms with Crippen molar-refractivity contribution in [3.63, 3.8) is 0 Å². The van der Waals surface area contributed by atoms with Crippen molar-refractivity contribution in [2.75, 3.05) is 0 Å². The molecule has 0 heterocycles. The smallest absolute Gasteiger partial charge is 0.0170 e. The maximum atomic E-state index is 5.07. The molecule has 0 fully saturated rings. The van der Waals surface area contributed by atoms with Crippen LogP contribution in [0.3, 0.4) is 0 Å². The average Bonchev–Trinajstić information content (AvgIpc) is 1.87. The molecule has 0 bridgehead atoms. The van der Waals surface area contributed by atoms with Gasteiger partial charge in [0.2, 0.25) is 0 Å². The molecule has 0 aromatic carbocycles. The van der Waals surface area contributed by atoms with Gasteiger partial charge in [0.15, 0.2) is 0 Å². The third kappa shape index (κ3) is 4.93. The van der Waals surface area contributed by atoms with Gasteiger partial charge in [-0.3, -0.25) is 0 Å². The Morgan fingerprint density at radius 1 is 1.50 bits per heavy atom. The Morgan fingerprint density at radius 3 is 2.50 bits per heavy atom. The second kappa shape index (κ2) is 4.64. The molecule has 0 amide bonds. The van der Waals surface area contributed by atoms with E-state index < -0.39 is 0 Å². The highest BCUT2D eigenvalue weighted by Crippen LogP contribution is 1.93. The second-order valence-corrected chi connectivity index (χ2v) is 2.27. The van der Waals surface area contributed by atoms with Crippen LogP contribution in [0.25, 0.3) is 0 Å². The van der Waals surface area contributed by atoms with Gasteiger partial charge in [0.05, 0.1) is 0 Å². The lowest BCUT2D eigenvalue weighted by atomic mass is 10.2. The average molecular weight is 132 g/mol. The molecule has 0 nitrogen and oxygen atoms in total. The lowest BCUT2D eigenvalue weighted by Gasteiger charge is -1.82. The first-order valence-electron chi connectivity index (χ1n) is 3.14. The van der Waals surface area contributed by atoms with E-state index in [-0.39, 0.29) is 0 Å². The van der Waals surface area contributed by atoms with Crippen LogP contribution < -0.4 is 0 Å². The van der Waals surface area contributed by atoms with Crippen molar-refractivity contribution >= 4 is 0 Å². The lowest BCUT2D eigenvalue weighted by Crippen LogP contribution is -1.64. The van der Waals surface area contributed by atoms with E-state index in [1.54, 1.807) is 0 Å². The predicted molar refractivity (Wildman–Crippen MR) is 46.5 cm³/mol. The Bertz CT molecular complexity index is 205. The van der Waals surface area contributed by atoms with Crippen molar-refractivity contribution in [1.82, 2.24) is 0 Å². The lowest BCUT2D eigenvalue weighted by molar-refractivity contribution is 1.39. The van der Waals surface area contributed by atoms with Crippen molar-refractivity contribution in [3.05, 3.63) is 36.0 Å². The highest BCUT2D eigenvalue weighted by Gasteiger charge is 1.74. The number of terminal acetylenes is 1. The van der Waals surface area contributed by atoms with Gasteiger partial charge in [0, 0.05) is 5.57 Å². The molecule has 0 aliphatic rings. The summed E-state index contributed by atoms with van der Waals surface area (Å²) >= 11 is 0. The molecule has 0 aliphatic carbocycles. The molecule has 0 unspecified atom stereocenters. The largest absolute Gasteiger partial charge is 0.115 e. The summed E-state index contributed by atoms with van der Waals surface area (Å²) in [5, 5.41) is 0. The number of hydrogen-bond donors (Lipinski definition) is 0. The van der Waals surface area contributed by atoms with E-state index in [2.05, 4.69) is 12.5 Å². The fourth-order valence-corrected chi connectivity index (χ4v) is 0.405. The van der Waals surface area contributed by atoms with Crippen LogP contribution in [0.15, 0.2) is 36.0 Å².